The number of aryl methyl sites for hydroxylation is 1. The van der Waals surface area contributed by atoms with E-state index in [1.54, 1.807) is 0 Å². The predicted molar refractivity (Wildman–Crippen MR) is 180 cm³/mol. The first-order valence-corrected chi connectivity index (χ1v) is 16.9. The largest absolute Gasteiger partial charge is 0.705 e. The fourth-order valence-electron chi connectivity index (χ4n) is 7.19. The quantitative estimate of drug-likeness (QED) is 0.302. The fourth-order valence-corrected chi connectivity index (χ4v) is 7.19. The third-order valence-corrected chi connectivity index (χ3v) is 10.7. The molecule has 2 aromatic carbocycles. The Kier molecular flexibility index (Phi) is 7.75. The monoisotopic (exact) mass is 586 g/mol. The maximum atomic E-state index is 7.31. The SMILES string of the molecule is CCCCC(CCCC)c1cc(C)c2c(c1)C=[N+]1C3(O2)Oc2c(cc(C(C)(C)C)cc2C(C)(C)C)C=[N+]3C(C)(C)C1(C)C. The van der Waals surface area contributed by atoms with E-state index < -0.39 is 6.03 Å². The summed E-state index contributed by atoms with van der Waals surface area (Å²) in [6, 6.07) is 8.38. The number of unbranched alkanes of at least 4 members (excludes halogenated alkanes) is 2. The average molecular weight is 587 g/mol. The molecular formula is C39H58N2O2+2. The highest BCUT2D eigenvalue weighted by atomic mass is 16.7. The second kappa shape index (κ2) is 10.5. The molecule has 1 atom stereocenters. The van der Waals surface area contributed by atoms with Crippen molar-refractivity contribution < 1.29 is 18.6 Å². The van der Waals surface area contributed by atoms with Gasteiger partial charge < -0.3 is 9.47 Å². The molecule has 0 N–H and O–H groups in total. The van der Waals surface area contributed by atoms with Crippen molar-refractivity contribution in [1.29, 1.82) is 0 Å². The zero-order valence-electron chi connectivity index (χ0n) is 29.5. The summed E-state index contributed by atoms with van der Waals surface area (Å²) in [4.78, 5) is 0. The molecule has 0 aromatic heterocycles. The minimum Gasteiger partial charge on any atom is -0.340 e. The van der Waals surface area contributed by atoms with Crippen LogP contribution in [0, 0.1) is 6.92 Å². The van der Waals surface area contributed by atoms with E-state index in [-0.39, 0.29) is 21.9 Å². The van der Waals surface area contributed by atoms with Gasteiger partial charge in [0.1, 0.15) is 0 Å². The molecule has 43 heavy (non-hydrogen) atoms. The highest BCUT2D eigenvalue weighted by molar-refractivity contribution is 5.85. The predicted octanol–water partition coefficient (Wildman–Crippen LogP) is 9.58. The van der Waals surface area contributed by atoms with Gasteiger partial charge in [-0.15, -0.1) is 0 Å². The first-order valence-electron chi connectivity index (χ1n) is 16.9. The maximum Gasteiger partial charge on any atom is 0.705 e. The molecule has 0 amide bonds. The number of hydrogen-bond donors (Lipinski definition) is 0. The van der Waals surface area contributed by atoms with Crippen LogP contribution in [0.1, 0.15) is 161 Å². The molecule has 3 aliphatic heterocycles. The molecule has 1 fully saturated rings. The maximum absolute atomic E-state index is 7.31. The summed E-state index contributed by atoms with van der Waals surface area (Å²) >= 11 is 0. The fraction of sp³-hybridized carbons (Fsp3) is 0.641. The Morgan fingerprint density at radius 2 is 1.21 bits per heavy atom. The molecule has 0 aliphatic carbocycles. The summed E-state index contributed by atoms with van der Waals surface area (Å²) in [5.41, 5.74) is 6.83. The van der Waals surface area contributed by atoms with Crippen LogP contribution in [0.5, 0.6) is 11.5 Å². The molecule has 0 radical (unpaired) electrons. The van der Waals surface area contributed by atoms with E-state index in [2.05, 4.69) is 136 Å². The molecule has 3 aliphatic rings. The summed E-state index contributed by atoms with van der Waals surface area (Å²) in [7, 11) is 0. The van der Waals surface area contributed by atoms with Crippen LogP contribution in [0.3, 0.4) is 0 Å². The molecule has 5 rings (SSSR count). The highest BCUT2D eigenvalue weighted by Gasteiger charge is 2.83. The third kappa shape index (κ3) is 5.05. The second-order valence-corrected chi connectivity index (χ2v) is 16.5. The van der Waals surface area contributed by atoms with Crippen molar-refractivity contribution in [3.8, 4) is 11.5 Å². The molecule has 1 unspecified atom stereocenters. The van der Waals surface area contributed by atoms with Crippen LogP contribution in [-0.2, 0) is 10.8 Å². The van der Waals surface area contributed by atoms with Crippen molar-refractivity contribution >= 4 is 12.4 Å². The normalized spacial score (nSPS) is 21.6. The Hall–Kier alpha value is -2.62. The van der Waals surface area contributed by atoms with Gasteiger partial charge in [-0.3, -0.25) is 0 Å². The lowest BCUT2D eigenvalue weighted by Gasteiger charge is -2.33. The van der Waals surface area contributed by atoms with Crippen LogP contribution in [-0.4, -0.2) is 38.7 Å². The molecule has 1 saturated heterocycles. The summed E-state index contributed by atoms with van der Waals surface area (Å²) in [6.07, 6.45) is 12.2. The van der Waals surface area contributed by atoms with E-state index in [0.717, 1.165) is 22.6 Å². The second-order valence-electron chi connectivity index (χ2n) is 16.5. The Morgan fingerprint density at radius 1 is 0.698 bits per heavy atom. The van der Waals surface area contributed by atoms with Crippen molar-refractivity contribution in [3.05, 3.63) is 57.6 Å². The molecule has 0 bridgehead atoms. The molecule has 4 heteroatoms. The number of ether oxygens (including phenoxy) is 2. The van der Waals surface area contributed by atoms with Gasteiger partial charge in [0.25, 0.3) is 0 Å². The summed E-state index contributed by atoms with van der Waals surface area (Å²) in [5, 5.41) is 0. The van der Waals surface area contributed by atoms with Gasteiger partial charge in [-0.05, 0) is 65.3 Å². The molecule has 1 spiro atoms. The zero-order chi connectivity index (χ0) is 31.8. The lowest BCUT2D eigenvalue weighted by atomic mass is 9.78. The van der Waals surface area contributed by atoms with Crippen LogP contribution < -0.4 is 9.47 Å². The van der Waals surface area contributed by atoms with E-state index in [9.17, 15) is 0 Å². The van der Waals surface area contributed by atoms with Gasteiger partial charge in [0.05, 0.1) is 11.1 Å². The van der Waals surface area contributed by atoms with Crippen LogP contribution in [0.2, 0.25) is 0 Å². The third-order valence-electron chi connectivity index (χ3n) is 10.7. The zero-order valence-corrected chi connectivity index (χ0v) is 29.5. The van der Waals surface area contributed by atoms with Crippen molar-refractivity contribution in [2.45, 2.75) is 162 Å². The van der Waals surface area contributed by atoms with E-state index in [1.807, 2.05) is 0 Å². The first-order chi connectivity index (χ1) is 19.9. The van der Waals surface area contributed by atoms with Crippen molar-refractivity contribution in [3.63, 3.8) is 0 Å². The average Bonchev–Trinajstić information content (AvgIpc) is 3.03. The molecular weight excluding hydrogens is 528 g/mol. The van der Waals surface area contributed by atoms with Crippen molar-refractivity contribution in [1.82, 2.24) is 0 Å². The number of rotatable bonds is 7. The number of nitrogens with zero attached hydrogens (tertiary/aromatic N) is 2. The van der Waals surface area contributed by atoms with Crippen LogP contribution >= 0.6 is 0 Å². The van der Waals surface area contributed by atoms with Gasteiger partial charge in [0.15, 0.2) is 23.9 Å². The Morgan fingerprint density at radius 3 is 1.70 bits per heavy atom. The summed E-state index contributed by atoms with van der Waals surface area (Å²) in [5.74, 6) is 2.45. The van der Waals surface area contributed by atoms with Crippen LogP contribution in [0.15, 0.2) is 24.3 Å². The van der Waals surface area contributed by atoms with Gasteiger partial charge in [-0.1, -0.05) is 102 Å². The van der Waals surface area contributed by atoms with E-state index in [1.165, 1.54) is 60.8 Å². The number of hydrogen-bond acceptors (Lipinski definition) is 2. The lowest BCUT2D eigenvalue weighted by molar-refractivity contribution is -0.875. The number of fused-ring (bicyclic) bond motifs is 2. The van der Waals surface area contributed by atoms with Crippen LogP contribution in [0.4, 0.5) is 0 Å². The molecule has 234 valence electrons. The van der Waals surface area contributed by atoms with Crippen molar-refractivity contribution in [2.24, 2.45) is 0 Å². The van der Waals surface area contributed by atoms with Gasteiger partial charge >= 0.3 is 6.03 Å². The topological polar surface area (TPSA) is 24.5 Å². The van der Waals surface area contributed by atoms with E-state index in [4.69, 9.17) is 9.47 Å². The van der Waals surface area contributed by atoms with Gasteiger partial charge in [-0.25, -0.2) is 0 Å². The first kappa shape index (κ1) is 31.8. The van der Waals surface area contributed by atoms with Crippen molar-refractivity contribution in [2.75, 3.05) is 0 Å². The smallest absolute Gasteiger partial charge is 0.340 e. The van der Waals surface area contributed by atoms with Gasteiger partial charge in [0.2, 0.25) is 11.1 Å². The standard InChI is InChI=1S/C39H58N2O2/c1-14-16-18-27(19-17-15-2)28-20-26(3)33-29(21-28)24-40-37(10,11)38(12,13)41-25-30-22-31(35(4,5)6)23-32(36(7,8)9)34(30)43-39(40,41)42-33/h20-25,27H,14-19H2,1-13H3/q+2. The van der Waals surface area contributed by atoms with E-state index >= 15 is 0 Å². The molecule has 0 saturated carbocycles. The van der Waals surface area contributed by atoms with E-state index in [0.29, 0.717) is 5.92 Å². The lowest BCUT2D eigenvalue weighted by Crippen LogP contribution is -2.61. The Balaban J connectivity index is 1.72. The van der Waals surface area contributed by atoms with Gasteiger partial charge in [0, 0.05) is 33.3 Å². The minimum atomic E-state index is -1.10. The molecule has 4 nitrogen and oxygen atoms in total. The Bertz CT molecular complexity index is 1470. The highest BCUT2D eigenvalue weighted by Crippen LogP contribution is 2.52. The Labute approximate surface area is 262 Å². The minimum absolute atomic E-state index is 0.0266. The molecule has 3 heterocycles. The summed E-state index contributed by atoms with van der Waals surface area (Å²) < 4.78 is 19.3. The number of benzene rings is 2. The molecule has 2 aromatic rings. The van der Waals surface area contributed by atoms with Gasteiger partial charge in [-0.2, -0.15) is 0 Å². The van der Waals surface area contributed by atoms with Crippen LogP contribution in [0.25, 0.3) is 0 Å². The summed E-state index contributed by atoms with van der Waals surface area (Å²) in [6.45, 7) is 29.8.